The van der Waals surface area contributed by atoms with Gasteiger partial charge in [-0.2, -0.15) is 5.10 Å². The molecular weight excluding hydrogens is 366 g/mol. The third-order valence-corrected chi connectivity index (χ3v) is 4.81. The summed E-state index contributed by atoms with van der Waals surface area (Å²) in [6.07, 6.45) is 4.00. The number of aryl methyl sites for hydroxylation is 2. The molecular formula is C22H21N5O2. The number of anilines is 1. The summed E-state index contributed by atoms with van der Waals surface area (Å²) in [5.41, 5.74) is 3.01. The second-order valence-electron chi connectivity index (χ2n) is 6.68. The standard InChI is InChI=1S/C22H21N5O2/c1-2-16-8-6-7-11-19(16)25-20(28)12-13-26-15-23-21-18(22(26)29)14-24-27(21)17-9-4-3-5-10-17/h3-11,14-15H,2,12-13H2,1H3,(H,25,28). The van der Waals surface area contributed by atoms with Crippen LogP contribution >= 0.6 is 0 Å². The van der Waals surface area contributed by atoms with Crippen molar-refractivity contribution in [1.82, 2.24) is 19.3 Å². The lowest BCUT2D eigenvalue weighted by Gasteiger charge is -2.10. The summed E-state index contributed by atoms with van der Waals surface area (Å²) in [5, 5.41) is 7.65. The zero-order chi connectivity index (χ0) is 20.2. The lowest BCUT2D eigenvalue weighted by atomic mass is 10.1. The molecule has 2 aromatic heterocycles. The molecule has 0 aliphatic carbocycles. The monoisotopic (exact) mass is 387 g/mol. The Morgan fingerprint density at radius 1 is 1.07 bits per heavy atom. The van der Waals surface area contributed by atoms with E-state index in [1.54, 1.807) is 4.68 Å². The highest BCUT2D eigenvalue weighted by molar-refractivity contribution is 5.91. The van der Waals surface area contributed by atoms with Gasteiger partial charge in [-0.15, -0.1) is 0 Å². The van der Waals surface area contributed by atoms with Gasteiger partial charge >= 0.3 is 0 Å². The molecule has 4 rings (SSSR count). The molecule has 0 aliphatic rings. The third kappa shape index (κ3) is 3.80. The van der Waals surface area contributed by atoms with Crippen LogP contribution in [-0.2, 0) is 17.8 Å². The fraction of sp³-hybridized carbons (Fsp3) is 0.182. The zero-order valence-electron chi connectivity index (χ0n) is 16.1. The highest BCUT2D eigenvalue weighted by Crippen LogP contribution is 2.16. The largest absolute Gasteiger partial charge is 0.326 e. The van der Waals surface area contributed by atoms with Gasteiger partial charge in [0.05, 0.1) is 18.2 Å². The first-order valence-electron chi connectivity index (χ1n) is 9.53. The Balaban J connectivity index is 1.51. The van der Waals surface area contributed by atoms with Gasteiger partial charge in [-0.1, -0.05) is 43.3 Å². The zero-order valence-corrected chi connectivity index (χ0v) is 16.1. The Kier molecular flexibility index (Phi) is 5.20. The van der Waals surface area contributed by atoms with Crippen molar-refractivity contribution in [3.63, 3.8) is 0 Å². The number of aromatic nitrogens is 4. The molecule has 2 heterocycles. The molecule has 0 fully saturated rings. The van der Waals surface area contributed by atoms with E-state index in [1.165, 1.54) is 17.1 Å². The van der Waals surface area contributed by atoms with Gasteiger partial charge in [0.25, 0.3) is 5.56 Å². The van der Waals surface area contributed by atoms with E-state index in [4.69, 9.17) is 0 Å². The first kappa shape index (κ1) is 18.6. The van der Waals surface area contributed by atoms with E-state index in [0.717, 1.165) is 23.4 Å². The summed E-state index contributed by atoms with van der Waals surface area (Å²) in [4.78, 5) is 29.5. The Labute approximate surface area is 167 Å². The number of hydrogen-bond donors (Lipinski definition) is 1. The van der Waals surface area contributed by atoms with Crippen LogP contribution < -0.4 is 10.9 Å². The molecule has 0 atom stereocenters. The Morgan fingerprint density at radius 3 is 2.62 bits per heavy atom. The number of benzene rings is 2. The predicted molar refractivity (Wildman–Crippen MR) is 112 cm³/mol. The summed E-state index contributed by atoms with van der Waals surface area (Å²) < 4.78 is 3.08. The number of amides is 1. The number of carbonyl (C=O) groups excluding carboxylic acids is 1. The molecule has 0 aliphatic heterocycles. The van der Waals surface area contributed by atoms with Crippen molar-refractivity contribution in [2.75, 3.05) is 5.32 Å². The lowest BCUT2D eigenvalue weighted by Crippen LogP contribution is -2.23. The number of nitrogens with zero attached hydrogens (tertiary/aromatic N) is 4. The minimum absolute atomic E-state index is 0.141. The maximum absolute atomic E-state index is 12.8. The highest BCUT2D eigenvalue weighted by atomic mass is 16.2. The summed E-state index contributed by atoms with van der Waals surface area (Å²) in [6.45, 7) is 2.29. The van der Waals surface area contributed by atoms with Crippen molar-refractivity contribution in [2.24, 2.45) is 0 Å². The molecule has 146 valence electrons. The van der Waals surface area contributed by atoms with Gasteiger partial charge in [-0.3, -0.25) is 14.2 Å². The van der Waals surface area contributed by atoms with Gasteiger partial charge in [-0.05, 0) is 30.2 Å². The van der Waals surface area contributed by atoms with E-state index in [1.807, 2.05) is 61.5 Å². The van der Waals surface area contributed by atoms with Gasteiger partial charge in [0.15, 0.2) is 5.65 Å². The van der Waals surface area contributed by atoms with Gasteiger partial charge in [0.1, 0.15) is 5.39 Å². The molecule has 29 heavy (non-hydrogen) atoms. The van der Waals surface area contributed by atoms with E-state index >= 15 is 0 Å². The van der Waals surface area contributed by atoms with Crippen LogP contribution in [0.1, 0.15) is 18.9 Å². The molecule has 0 saturated carbocycles. The van der Waals surface area contributed by atoms with Crippen LogP contribution in [0, 0.1) is 0 Å². The highest BCUT2D eigenvalue weighted by Gasteiger charge is 2.12. The Morgan fingerprint density at radius 2 is 1.83 bits per heavy atom. The van der Waals surface area contributed by atoms with Crippen molar-refractivity contribution in [3.8, 4) is 5.69 Å². The molecule has 0 radical (unpaired) electrons. The fourth-order valence-electron chi connectivity index (χ4n) is 3.25. The van der Waals surface area contributed by atoms with Crippen LogP contribution in [0.25, 0.3) is 16.7 Å². The summed E-state index contributed by atoms with van der Waals surface area (Å²) in [5.74, 6) is -0.141. The smallest absolute Gasteiger partial charge is 0.264 e. The van der Waals surface area contributed by atoms with Crippen LogP contribution in [0.15, 0.2) is 71.9 Å². The van der Waals surface area contributed by atoms with E-state index in [2.05, 4.69) is 15.4 Å². The molecule has 0 bridgehead atoms. The maximum atomic E-state index is 12.8. The molecule has 0 saturated heterocycles. The van der Waals surface area contributed by atoms with Gasteiger partial charge < -0.3 is 5.32 Å². The molecule has 1 amide bonds. The number of nitrogens with one attached hydrogen (secondary N) is 1. The molecule has 0 spiro atoms. The summed E-state index contributed by atoms with van der Waals surface area (Å²) >= 11 is 0. The minimum atomic E-state index is -0.209. The van der Waals surface area contributed by atoms with E-state index in [0.29, 0.717) is 11.0 Å². The number of fused-ring (bicyclic) bond motifs is 1. The van der Waals surface area contributed by atoms with Crippen molar-refractivity contribution in [2.45, 2.75) is 26.3 Å². The van der Waals surface area contributed by atoms with Crippen molar-refractivity contribution < 1.29 is 4.79 Å². The maximum Gasteiger partial charge on any atom is 0.264 e. The minimum Gasteiger partial charge on any atom is -0.326 e. The topological polar surface area (TPSA) is 81.8 Å². The molecule has 0 unspecified atom stereocenters. The first-order valence-corrected chi connectivity index (χ1v) is 9.53. The average molecular weight is 387 g/mol. The molecule has 4 aromatic rings. The number of para-hydroxylation sites is 2. The van der Waals surface area contributed by atoms with Crippen LogP contribution in [0.2, 0.25) is 0 Å². The van der Waals surface area contributed by atoms with Crippen LogP contribution in [-0.4, -0.2) is 25.2 Å². The van der Waals surface area contributed by atoms with Crippen LogP contribution in [0.3, 0.4) is 0 Å². The van der Waals surface area contributed by atoms with Crippen molar-refractivity contribution in [3.05, 3.63) is 83.0 Å². The third-order valence-electron chi connectivity index (χ3n) is 4.81. The number of hydrogen-bond acceptors (Lipinski definition) is 4. The van der Waals surface area contributed by atoms with Crippen LogP contribution in [0.4, 0.5) is 5.69 Å². The second-order valence-corrected chi connectivity index (χ2v) is 6.68. The second kappa shape index (κ2) is 8.10. The molecule has 7 heteroatoms. The predicted octanol–water partition coefficient (Wildman–Crippen LogP) is 3.17. The van der Waals surface area contributed by atoms with Gasteiger partial charge in [0.2, 0.25) is 5.91 Å². The van der Waals surface area contributed by atoms with Gasteiger partial charge in [0, 0.05) is 18.7 Å². The van der Waals surface area contributed by atoms with E-state index < -0.39 is 0 Å². The average Bonchev–Trinajstić information content (AvgIpc) is 3.19. The van der Waals surface area contributed by atoms with Crippen molar-refractivity contribution >= 4 is 22.6 Å². The first-order chi connectivity index (χ1) is 14.2. The normalized spacial score (nSPS) is 10.9. The number of rotatable bonds is 6. The molecule has 7 nitrogen and oxygen atoms in total. The summed E-state index contributed by atoms with van der Waals surface area (Å²) in [6, 6.07) is 17.2. The van der Waals surface area contributed by atoms with Gasteiger partial charge in [-0.25, -0.2) is 9.67 Å². The molecule has 2 aromatic carbocycles. The van der Waals surface area contributed by atoms with Crippen molar-refractivity contribution in [1.29, 1.82) is 0 Å². The van der Waals surface area contributed by atoms with E-state index in [-0.39, 0.29) is 24.4 Å². The SMILES string of the molecule is CCc1ccccc1NC(=O)CCn1cnc2c(cnn2-c2ccccc2)c1=O. The Hall–Kier alpha value is -3.74. The van der Waals surface area contributed by atoms with E-state index in [9.17, 15) is 9.59 Å². The summed E-state index contributed by atoms with van der Waals surface area (Å²) in [7, 11) is 0. The van der Waals surface area contributed by atoms with Crippen LogP contribution in [0.5, 0.6) is 0 Å². The molecule has 1 N–H and O–H groups in total. The number of carbonyl (C=O) groups is 1. The quantitative estimate of drug-likeness (QED) is 0.551. The lowest BCUT2D eigenvalue weighted by molar-refractivity contribution is -0.116. The fourth-order valence-corrected chi connectivity index (χ4v) is 3.25. The Bertz CT molecular complexity index is 1210.